The Labute approximate surface area is 131 Å². The van der Waals surface area contributed by atoms with Gasteiger partial charge in [0, 0.05) is 23.2 Å². The second kappa shape index (κ2) is 6.26. The SMILES string of the molecule is CCN(Cc1ccc(N)cc1)S(=O)(=O)c1sccc1Br. The fourth-order valence-corrected chi connectivity index (χ4v) is 5.66. The molecule has 0 saturated carbocycles. The quantitative estimate of drug-likeness (QED) is 0.816. The number of benzene rings is 1. The van der Waals surface area contributed by atoms with E-state index in [0.717, 1.165) is 5.56 Å². The van der Waals surface area contributed by atoms with Crippen LogP contribution in [0.5, 0.6) is 0 Å². The zero-order valence-corrected chi connectivity index (χ0v) is 14.1. The Kier molecular flexibility index (Phi) is 4.85. The van der Waals surface area contributed by atoms with Crippen molar-refractivity contribution in [1.82, 2.24) is 4.31 Å². The van der Waals surface area contributed by atoms with E-state index >= 15 is 0 Å². The number of halogens is 1. The maximum Gasteiger partial charge on any atom is 0.253 e. The number of nitrogens with two attached hydrogens (primary N) is 1. The van der Waals surface area contributed by atoms with Crippen LogP contribution in [0.1, 0.15) is 12.5 Å². The summed E-state index contributed by atoms with van der Waals surface area (Å²) >= 11 is 4.50. The van der Waals surface area contributed by atoms with Crippen LogP contribution in [0.15, 0.2) is 44.4 Å². The van der Waals surface area contributed by atoms with Crippen LogP contribution in [-0.4, -0.2) is 19.3 Å². The molecular weight excluding hydrogens is 360 g/mol. The minimum absolute atomic E-state index is 0.337. The van der Waals surface area contributed by atoms with Gasteiger partial charge >= 0.3 is 0 Å². The van der Waals surface area contributed by atoms with Gasteiger partial charge in [-0.25, -0.2) is 8.42 Å². The van der Waals surface area contributed by atoms with E-state index in [1.54, 1.807) is 23.6 Å². The van der Waals surface area contributed by atoms with E-state index in [1.807, 2.05) is 19.1 Å². The molecule has 0 saturated heterocycles. The van der Waals surface area contributed by atoms with E-state index in [9.17, 15) is 8.42 Å². The summed E-state index contributed by atoms with van der Waals surface area (Å²) < 4.78 is 27.6. The van der Waals surface area contributed by atoms with Crippen LogP contribution in [0.4, 0.5) is 5.69 Å². The van der Waals surface area contributed by atoms with Crippen LogP contribution in [-0.2, 0) is 16.6 Å². The van der Waals surface area contributed by atoms with E-state index in [1.165, 1.54) is 15.6 Å². The molecule has 20 heavy (non-hydrogen) atoms. The van der Waals surface area contributed by atoms with Gasteiger partial charge in [0.25, 0.3) is 10.0 Å². The summed E-state index contributed by atoms with van der Waals surface area (Å²) in [5.74, 6) is 0. The lowest BCUT2D eigenvalue weighted by atomic mass is 10.2. The van der Waals surface area contributed by atoms with Crippen molar-refractivity contribution in [3.63, 3.8) is 0 Å². The van der Waals surface area contributed by atoms with Crippen molar-refractivity contribution in [2.45, 2.75) is 17.7 Å². The van der Waals surface area contributed by atoms with Gasteiger partial charge < -0.3 is 5.73 Å². The van der Waals surface area contributed by atoms with Gasteiger partial charge in [0.05, 0.1) is 0 Å². The van der Waals surface area contributed by atoms with Crippen molar-refractivity contribution < 1.29 is 8.42 Å². The molecule has 0 unspecified atom stereocenters. The zero-order valence-electron chi connectivity index (χ0n) is 10.9. The summed E-state index contributed by atoms with van der Waals surface area (Å²) in [6.07, 6.45) is 0. The molecule has 1 aromatic heterocycles. The second-order valence-corrected chi connectivity index (χ2v) is 8.13. The minimum Gasteiger partial charge on any atom is -0.399 e. The molecule has 0 bridgehead atoms. The van der Waals surface area contributed by atoms with Crippen LogP contribution < -0.4 is 5.73 Å². The molecule has 7 heteroatoms. The first-order valence-electron chi connectivity index (χ1n) is 6.02. The van der Waals surface area contributed by atoms with Gasteiger partial charge in [-0.2, -0.15) is 4.31 Å². The normalized spacial score (nSPS) is 11.9. The van der Waals surface area contributed by atoms with Crippen molar-refractivity contribution in [1.29, 1.82) is 0 Å². The third-order valence-corrected chi connectivity index (χ3v) is 7.42. The number of rotatable bonds is 5. The minimum atomic E-state index is -3.47. The molecule has 0 aliphatic heterocycles. The summed E-state index contributed by atoms with van der Waals surface area (Å²) in [5, 5.41) is 1.76. The Morgan fingerprint density at radius 1 is 1.25 bits per heavy atom. The Morgan fingerprint density at radius 3 is 2.40 bits per heavy atom. The highest BCUT2D eigenvalue weighted by Crippen LogP contribution is 2.30. The van der Waals surface area contributed by atoms with Gasteiger partial charge in [0.1, 0.15) is 4.21 Å². The molecular formula is C13H15BrN2O2S2. The molecule has 0 spiro atoms. The number of hydrogen-bond donors (Lipinski definition) is 1. The average Bonchev–Trinajstić information content (AvgIpc) is 2.85. The van der Waals surface area contributed by atoms with Gasteiger partial charge in [-0.3, -0.25) is 0 Å². The number of hydrogen-bond acceptors (Lipinski definition) is 4. The molecule has 0 radical (unpaired) electrons. The number of sulfonamides is 1. The Bertz CT molecular complexity index is 681. The van der Waals surface area contributed by atoms with Crippen molar-refractivity contribution in [3.05, 3.63) is 45.7 Å². The Morgan fingerprint density at radius 2 is 1.90 bits per heavy atom. The largest absolute Gasteiger partial charge is 0.399 e. The van der Waals surface area contributed by atoms with Crippen LogP contribution >= 0.6 is 27.3 Å². The molecule has 0 atom stereocenters. The summed E-state index contributed by atoms with van der Waals surface area (Å²) in [7, 11) is -3.47. The van der Waals surface area contributed by atoms with Crippen molar-refractivity contribution in [2.24, 2.45) is 0 Å². The molecule has 2 rings (SSSR count). The Balaban J connectivity index is 2.28. The molecule has 0 fully saturated rings. The average molecular weight is 375 g/mol. The van der Waals surface area contributed by atoms with Gasteiger partial charge in [-0.05, 0) is 45.1 Å². The van der Waals surface area contributed by atoms with Crippen LogP contribution in [0.2, 0.25) is 0 Å². The lowest BCUT2D eigenvalue weighted by molar-refractivity contribution is 0.424. The zero-order chi connectivity index (χ0) is 14.8. The van der Waals surface area contributed by atoms with Crippen molar-refractivity contribution in [2.75, 3.05) is 12.3 Å². The standard InChI is InChI=1S/C13H15BrN2O2S2/c1-2-16(9-10-3-5-11(15)6-4-10)20(17,18)13-12(14)7-8-19-13/h3-8H,2,9,15H2,1H3. The van der Waals surface area contributed by atoms with Crippen molar-refractivity contribution >= 4 is 43.0 Å². The monoisotopic (exact) mass is 374 g/mol. The molecule has 108 valence electrons. The molecule has 2 N–H and O–H groups in total. The van der Waals surface area contributed by atoms with Gasteiger partial charge in [0.2, 0.25) is 0 Å². The third-order valence-electron chi connectivity index (χ3n) is 2.85. The summed E-state index contributed by atoms with van der Waals surface area (Å²) in [4.78, 5) is 0. The highest BCUT2D eigenvalue weighted by atomic mass is 79.9. The highest BCUT2D eigenvalue weighted by Gasteiger charge is 2.26. The Hall–Kier alpha value is -0.890. The predicted octanol–water partition coefficient (Wildman–Crippen LogP) is 3.30. The predicted molar refractivity (Wildman–Crippen MR) is 86.1 cm³/mol. The third kappa shape index (κ3) is 3.22. The van der Waals surface area contributed by atoms with Crippen molar-refractivity contribution in [3.8, 4) is 0 Å². The lowest BCUT2D eigenvalue weighted by Crippen LogP contribution is -2.30. The van der Waals surface area contributed by atoms with E-state index < -0.39 is 10.0 Å². The number of thiophene rings is 1. The number of nitrogen functional groups attached to an aromatic ring is 1. The van der Waals surface area contributed by atoms with E-state index in [4.69, 9.17) is 5.73 Å². The van der Waals surface area contributed by atoms with Gasteiger partial charge in [-0.1, -0.05) is 19.1 Å². The number of nitrogens with zero attached hydrogens (tertiary/aromatic N) is 1. The topological polar surface area (TPSA) is 63.4 Å². The summed E-state index contributed by atoms with van der Waals surface area (Å²) in [6.45, 7) is 2.58. The molecule has 1 aromatic carbocycles. The summed E-state index contributed by atoms with van der Waals surface area (Å²) in [5.41, 5.74) is 7.22. The fourth-order valence-electron chi connectivity index (χ4n) is 1.77. The molecule has 0 aliphatic rings. The molecule has 0 amide bonds. The van der Waals surface area contributed by atoms with Crippen LogP contribution in [0.25, 0.3) is 0 Å². The van der Waals surface area contributed by atoms with Gasteiger partial charge in [0.15, 0.2) is 0 Å². The first-order chi connectivity index (χ1) is 9.45. The van der Waals surface area contributed by atoms with Crippen LogP contribution in [0, 0.1) is 0 Å². The first kappa shape index (κ1) is 15.5. The smallest absolute Gasteiger partial charge is 0.253 e. The summed E-state index contributed by atoms with van der Waals surface area (Å²) in [6, 6.07) is 8.98. The number of anilines is 1. The fraction of sp³-hybridized carbons (Fsp3) is 0.231. The maximum absolute atomic E-state index is 12.6. The first-order valence-corrected chi connectivity index (χ1v) is 9.14. The molecule has 2 aromatic rings. The lowest BCUT2D eigenvalue weighted by Gasteiger charge is -2.20. The van der Waals surface area contributed by atoms with E-state index in [-0.39, 0.29) is 0 Å². The highest BCUT2D eigenvalue weighted by molar-refractivity contribution is 9.10. The van der Waals surface area contributed by atoms with Crippen LogP contribution in [0.3, 0.4) is 0 Å². The molecule has 1 heterocycles. The maximum atomic E-state index is 12.6. The van der Waals surface area contributed by atoms with E-state index in [2.05, 4.69) is 15.9 Å². The van der Waals surface area contributed by atoms with E-state index in [0.29, 0.717) is 27.5 Å². The molecule has 4 nitrogen and oxygen atoms in total. The second-order valence-electron chi connectivity index (χ2n) is 4.23. The van der Waals surface area contributed by atoms with Gasteiger partial charge in [-0.15, -0.1) is 11.3 Å². The molecule has 0 aliphatic carbocycles.